The average molecular weight is 461 g/mol. The van der Waals surface area contributed by atoms with Crippen molar-refractivity contribution in [1.82, 2.24) is 10.6 Å². The zero-order valence-electron chi connectivity index (χ0n) is 23.0. The summed E-state index contributed by atoms with van der Waals surface area (Å²) in [5.74, 6) is 1.24. The third-order valence-corrected chi connectivity index (χ3v) is 8.20. The minimum absolute atomic E-state index is 0.163. The van der Waals surface area contributed by atoms with Crippen LogP contribution in [-0.2, 0) is 0 Å². The van der Waals surface area contributed by atoms with Crippen LogP contribution in [0.3, 0.4) is 0 Å². The number of hydrogen-bond donors (Lipinski definition) is 2. The second-order valence-electron chi connectivity index (χ2n) is 13.9. The maximum Gasteiger partial charge on any atom is 0.0135 e. The van der Waals surface area contributed by atoms with Gasteiger partial charge in [0, 0.05) is 22.2 Å². The largest absolute Gasteiger partial charge is 0.307 e. The predicted molar refractivity (Wildman–Crippen MR) is 148 cm³/mol. The first kappa shape index (κ1) is 25.5. The highest BCUT2D eigenvalue weighted by atomic mass is 15.0. The van der Waals surface area contributed by atoms with Crippen molar-refractivity contribution in [3.63, 3.8) is 0 Å². The van der Waals surface area contributed by atoms with Crippen LogP contribution in [0, 0.1) is 0 Å². The van der Waals surface area contributed by atoms with Crippen LogP contribution in [0.2, 0.25) is 0 Å². The summed E-state index contributed by atoms with van der Waals surface area (Å²) in [6.45, 7) is 18.8. The van der Waals surface area contributed by atoms with E-state index in [1.54, 1.807) is 0 Å². The summed E-state index contributed by atoms with van der Waals surface area (Å²) >= 11 is 0. The number of rotatable bonds is 3. The highest BCUT2D eigenvalue weighted by Gasteiger charge is 2.35. The Balaban J connectivity index is 1.47. The van der Waals surface area contributed by atoms with Crippen molar-refractivity contribution in [3.05, 3.63) is 59.7 Å². The molecule has 2 aliphatic rings. The van der Waals surface area contributed by atoms with Gasteiger partial charge >= 0.3 is 0 Å². The van der Waals surface area contributed by atoms with E-state index in [1.807, 2.05) is 0 Å². The molecule has 0 radical (unpaired) electrons. The van der Waals surface area contributed by atoms with Crippen molar-refractivity contribution in [3.8, 4) is 11.1 Å². The van der Waals surface area contributed by atoms with Crippen LogP contribution in [0.15, 0.2) is 48.5 Å². The molecule has 34 heavy (non-hydrogen) atoms. The Morgan fingerprint density at radius 1 is 0.500 bits per heavy atom. The maximum atomic E-state index is 3.87. The van der Waals surface area contributed by atoms with Gasteiger partial charge in [-0.2, -0.15) is 0 Å². The normalized spacial score (nSPS) is 28.0. The molecule has 186 valence electrons. The molecule has 2 atom stereocenters. The van der Waals surface area contributed by atoms with Crippen LogP contribution in [0.5, 0.6) is 0 Å². The molecule has 2 fully saturated rings. The van der Waals surface area contributed by atoms with Gasteiger partial charge in [-0.3, -0.25) is 0 Å². The third-order valence-electron chi connectivity index (χ3n) is 8.20. The molecule has 0 aromatic heterocycles. The summed E-state index contributed by atoms with van der Waals surface area (Å²) in [6.07, 6.45) is 7.31. The summed E-state index contributed by atoms with van der Waals surface area (Å²) in [5, 5.41) is 7.75. The van der Waals surface area contributed by atoms with E-state index in [9.17, 15) is 0 Å². The van der Waals surface area contributed by atoms with E-state index in [-0.39, 0.29) is 22.2 Å². The zero-order chi connectivity index (χ0) is 24.8. The molecule has 2 aromatic rings. The van der Waals surface area contributed by atoms with Crippen LogP contribution in [0.25, 0.3) is 11.1 Å². The second kappa shape index (κ2) is 9.10. The van der Waals surface area contributed by atoms with Crippen molar-refractivity contribution < 1.29 is 0 Å². The van der Waals surface area contributed by atoms with Gasteiger partial charge in [0.15, 0.2) is 0 Å². The number of nitrogens with one attached hydrogen (secondary N) is 2. The van der Waals surface area contributed by atoms with E-state index in [0.29, 0.717) is 11.8 Å². The lowest BCUT2D eigenvalue weighted by atomic mass is 9.83. The molecule has 4 rings (SSSR count). The van der Waals surface area contributed by atoms with Crippen LogP contribution < -0.4 is 10.6 Å². The van der Waals surface area contributed by atoms with Crippen molar-refractivity contribution in [2.75, 3.05) is 0 Å². The van der Waals surface area contributed by atoms with Gasteiger partial charge in [-0.05, 0) is 128 Å². The molecule has 2 N–H and O–H groups in total. The van der Waals surface area contributed by atoms with Gasteiger partial charge in [0.2, 0.25) is 0 Å². The van der Waals surface area contributed by atoms with Crippen molar-refractivity contribution in [1.29, 1.82) is 0 Å². The zero-order valence-corrected chi connectivity index (χ0v) is 23.0. The first-order valence-corrected chi connectivity index (χ1v) is 13.5. The fraction of sp³-hybridized carbons (Fsp3) is 0.625. The van der Waals surface area contributed by atoms with Gasteiger partial charge in [-0.25, -0.2) is 0 Å². The average Bonchev–Trinajstić information content (AvgIpc) is 2.92. The molecule has 2 nitrogen and oxygen atoms in total. The summed E-state index contributed by atoms with van der Waals surface area (Å²) in [7, 11) is 0. The van der Waals surface area contributed by atoms with Gasteiger partial charge in [-0.15, -0.1) is 0 Å². The highest BCUT2D eigenvalue weighted by molar-refractivity contribution is 5.64. The van der Waals surface area contributed by atoms with E-state index < -0.39 is 0 Å². The number of benzene rings is 2. The Morgan fingerprint density at radius 2 is 0.824 bits per heavy atom. The van der Waals surface area contributed by atoms with Crippen LogP contribution >= 0.6 is 0 Å². The molecular formula is C32H48N2. The van der Waals surface area contributed by atoms with Gasteiger partial charge in [0.25, 0.3) is 0 Å². The van der Waals surface area contributed by atoms with Gasteiger partial charge in [0.05, 0.1) is 0 Å². The molecular weight excluding hydrogens is 412 g/mol. The SMILES string of the molecule is CC1(C)CCC(c2ccc(-c3ccc(C4CCC(C)(C)NC(C)(C)C4)cc3)cc2)CC(C)(C)N1. The highest BCUT2D eigenvalue weighted by Crippen LogP contribution is 2.39. The first-order chi connectivity index (χ1) is 15.7. The monoisotopic (exact) mass is 460 g/mol. The summed E-state index contributed by atoms with van der Waals surface area (Å²) in [6, 6.07) is 18.9. The van der Waals surface area contributed by atoms with E-state index in [4.69, 9.17) is 0 Å². The Labute approximate surface area is 209 Å². The van der Waals surface area contributed by atoms with Crippen LogP contribution in [0.1, 0.15) is 117 Å². The standard InChI is InChI=1S/C32H48N2/c1-29(2)19-17-27(21-31(5,6)33-29)25-13-9-23(10-14-25)24-11-15-26(16-12-24)28-18-20-30(3,4)34-32(7,8)22-28/h9-16,27-28,33-34H,17-22H2,1-8H3. The van der Waals surface area contributed by atoms with E-state index in [0.717, 1.165) is 0 Å². The quantitative estimate of drug-likeness (QED) is 0.482. The molecule has 2 heterocycles. The molecule has 0 saturated carbocycles. The molecule has 2 heteroatoms. The molecule has 0 aliphatic carbocycles. The van der Waals surface area contributed by atoms with Gasteiger partial charge in [-0.1, -0.05) is 48.5 Å². The lowest BCUT2D eigenvalue weighted by Gasteiger charge is -2.35. The van der Waals surface area contributed by atoms with Crippen molar-refractivity contribution >= 4 is 0 Å². The summed E-state index contributed by atoms with van der Waals surface area (Å²) in [4.78, 5) is 0. The van der Waals surface area contributed by atoms with Crippen LogP contribution in [0.4, 0.5) is 0 Å². The Bertz CT molecular complexity index is 882. The van der Waals surface area contributed by atoms with Crippen LogP contribution in [-0.4, -0.2) is 22.2 Å². The molecule has 2 aromatic carbocycles. The van der Waals surface area contributed by atoms with E-state index >= 15 is 0 Å². The Morgan fingerprint density at radius 3 is 1.15 bits per heavy atom. The molecule has 0 bridgehead atoms. The first-order valence-electron chi connectivity index (χ1n) is 13.5. The molecule has 2 unspecified atom stereocenters. The Kier molecular flexibility index (Phi) is 6.81. The Hall–Kier alpha value is -1.64. The smallest absolute Gasteiger partial charge is 0.0135 e. The minimum atomic E-state index is 0.163. The van der Waals surface area contributed by atoms with Crippen molar-refractivity contribution in [2.45, 2.75) is 128 Å². The second-order valence-corrected chi connectivity index (χ2v) is 13.9. The van der Waals surface area contributed by atoms with Gasteiger partial charge < -0.3 is 10.6 Å². The fourth-order valence-electron chi connectivity index (χ4n) is 7.03. The van der Waals surface area contributed by atoms with E-state index in [2.05, 4.69) is 115 Å². The molecule has 0 amide bonds. The summed E-state index contributed by atoms with van der Waals surface area (Å²) in [5.41, 5.74) is 6.37. The molecule has 2 aliphatic heterocycles. The number of hydrogen-bond acceptors (Lipinski definition) is 2. The summed E-state index contributed by atoms with van der Waals surface area (Å²) < 4.78 is 0. The predicted octanol–water partition coefficient (Wildman–Crippen LogP) is 8.18. The fourth-order valence-corrected chi connectivity index (χ4v) is 7.03. The van der Waals surface area contributed by atoms with Gasteiger partial charge in [0.1, 0.15) is 0 Å². The molecule has 2 saturated heterocycles. The topological polar surface area (TPSA) is 24.1 Å². The third kappa shape index (κ3) is 6.32. The lowest BCUT2D eigenvalue weighted by Crippen LogP contribution is -2.50. The van der Waals surface area contributed by atoms with E-state index in [1.165, 1.54) is 60.8 Å². The lowest BCUT2D eigenvalue weighted by molar-refractivity contribution is 0.267. The molecule has 0 spiro atoms. The van der Waals surface area contributed by atoms with Crippen molar-refractivity contribution in [2.24, 2.45) is 0 Å². The minimum Gasteiger partial charge on any atom is -0.307 e. The maximum absolute atomic E-state index is 3.87.